The van der Waals surface area contributed by atoms with Crippen molar-refractivity contribution in [3.05, 3.63) is 5.82 Å². The molecule has 0 bridgehead atoms. The number of aliphatic hydroxyl groups is 1. The number of thioether (sulfide) groups is 1. The van der Waals surface area contributed by atoms with Crippen molar-refractivity contribution < 1.29 is 5.11 Å². The molecule has 1 aromatic rings. The van der Waals surface area contributed by atoms with E-state index in [0.29, 0.717) is 17.2 Å². The lowest BCUT2D eigenvalue weighted by Crippen LogP contribution is -2.16. The lowest BCUT2D eigenvalue weighted by atomic mass is 10.3. The van der Waals surface area contributed by atoms with E-state index in [4.69, 9.17) is 0 Å². The lowest BCUT2D eigenvalue weighted by molar-refractivity contribution is 0.188. The van der Waals surface area contributed by atoms with Crippen molar-refractivity contribution >= 4 is 11.8 Å². The topological polar surface area (TPSA) is 50.9 Å². The van der Waals surface area contributed by atoms with E-state index >= 15 is 0 Å². The van der Waals surface area contributed by atoms with Gasteiger partial charge in [-0.25, -0.2) is 0 Å². The van der Waals surface area contributed by atoms with E-state index < -0.39 is 0 Å². The molecule has 0 unspecified atom stereocenters. The highest BCUT2D eigenvalue weighted by Gasteiger charge is 2.37. The fourth-order valence-corrected chi connectivity index (χ4v) is 4.14. The number of hydrogen-bond acceptors (Lipinski definition) is 4. The Kier molecular flexibility index (Phi) is 2.66. The van der Waals surface area contributed by atoms with Crippen LogP contribution in [0.5, 0.6) is 0 Å². The molecule has 0 spiro atoms. The molecule has 1 heterocycles. The molecule has 98 valence electrons. The lowest BCUT2D eigenvalue weighted by Gasteiger charge is -2.14. The van der Waals surface area contributed by atoms with E-state index in [-0.39, 0.29) is 6.10 Å². The molecular formula is C13H19N3OS. The van der Waals surface area contributed by atoms with Gasteiger partial charge in [0.25, 0.3) is 0 Å². The summed E-state index contributed by atoms with van der Waals surface area (Å²) in [6, 6.07) is 0.650. The predicted molar refractivity (Wildman–Crippen MR) is 69.8 cm³/mol. The molecule has 1 aromatic heterocycles. The maximum Gasteiger partial charge on any atom is 0.191 e. The normalized spacial score (nSPS) is 32.1. The third kappa shape index (κ3) is 1.97. The number of aromatic nitrogens is 3. The summed E-state index contributed by atoms with van der Waals surface area (Å²) in [7, 11) is 0. The van der Waals surface area contributed by atoms with Crippen LogP contribution in [0, 0.1) is 0 Å². The highest BCUT2D eigenvalue weighted by atomic mass is 32.2. The van der Waals surface area contributed by atoms with Crippen molar-refractivity contribution in [2.45, 2.75) is 73.4 Å². The van der Waals surface area contributed by atoms with Crippen LogP contribution >= 0.6 is 11.8 Å². The molecule has 0 aromatic carbocycles. The van der Waals surface area contributed by atoms with Crippen LogP contribution < -0.4 is 0 Å². The van der Waals surface area contributed by atoms with E-state index in [9.17, 15) is 5.11 Å². The quantitative estimate of drug-likeness (QED) is 0.908. The van der Waals surface area contributed by atoms with Crippen molar-refractivity contribution in [2.24, 2.45) is 0 Å². The number of hydrogen-bond donors (Lipinski definition) is 1. The van der Waals surface area contributed by atoms with Gasteiger partial charge in [0.2, 0.25) is 0 Å². The Morgan fingerprint density at radius 1 is 1.06 bits per heavy atom. The molecule has 2 atom stereocenters. The van der Waals surface area contributed by atoms with Gasteiger partial charge in [-0.1, -0.05) is 11.8 Å². The molecule has 5 heteroatoms. The number of aliphatic hydroxyl groups excluding tert-OH is 1. The number of rotatable bonds is 4. The Hall–Kier alpha value is -0.550. The van der Waals surface area contributed by atoms with E-state index in [1.54, 1.807) is 11.8 Å². The van der Waals surface area contributed by atoms with E-state index in [1.807, 2.05) is 0 Å². The average Bonchev–Trinajstić information content (AvgIpc) is 3.28. The number of nitrogens with zero attached hydrogens (tertiary/aromatic N) is 3. The Morgan fingerprint density at radius 2 is 1.89 bits per heavy atom. The maximum absolute atomic E-state index is 9.95. The minimum atomic E-state index is -0.149. The van der Waals surface area contributed by atoms with E-state index in [2.05, 4.69) is 14.8 Å². The molecule has 0 amide bonds. The first-order valence-electron chi connectivity index (χ1n) is 7.12. The van der Waals surface area contributed by atoms with Crippen molar-refractivity contribution in [1.29, 1.82) is 0 Å². The van der Waals surface area contributed by atoms with Crippen LogP contribution in [-0.2, 0) is 0 Å². The zero-order valence-electron chi connectivity index (χ0n) is 10.5. The third-order valence-corrected chi connectivity index (χ3v) is 5.56. The Morgan fingerprint density at radius 3 is 2.50 bits per heavy atom. The molecule has 0 saturated heterocycles. The first-order valence-corrected chi connectivity index (χ1v) is 8.00. The van der Waals surface area contributed by atoms with Crippen molar-refractivity contribution in [3.8, 4) is 0 Å². The second kappa shape index (κ2) is 4.23. The summed E-state index contributed by atoms with van der Waals surface area (Å²) in [5.74, 6) is 1.88. The molecule has 0 aliphatic heterocycles. The smallest absolute Gasteiger partial charge is 0.191 e. The van der Waals surface area contributed by atoms with Gasteiger partial charge >= 0.3 is 0 Å². The van der Waals surface area contributed by atoms with Crippen LogP contribution in [0.4, 0.5) is 0 Å². The highest BCUT2D eigenvalue weighted by molar-refractivity contribution is 7.99. The second-order valence-electron chi connectivity index (χ2n) is 5.87. The van der Waals surface area contributed by atoms with Crippen molar-refractivity contribution in [3.63, 3.8) is 0 Å². The van der Waals surface area contributed by atoms with Crippen molar-refractivity contribution in [1.82, 2.24) is 14.8 Å². The first-order chi connectivity index (χ1) is 8.83. The summed E-state index contributed by atoms with van der Waals surface area (Å²) in [5, 5.41) is 20.2. The summed E-state index contributed by atoms with van der Waals surface area (Å²) in [4.78, 5) is 0. The molecule has 4 rings (SSSR count). The zero-order valence-corrected chi connectivity index (χ0v) is 11.3. The molecule has 3 fully saturated rings. The van der Waals surface area contributed by atoms with Crippen LogP contribution in [0.1, 0.15) is 62.7 Å². The fourth-order valence-electron chi connectivity index (χ4n) is 2.84. The SMILES string of the molecule is O[C@H]1CCC[C@@H]1Sc1nnc(C2CC2)n1C1CC1. The molecule has 0 radical (unpaired) electrons. The van der Waals surface area contributed by atoms with Gasteiger partial charge in [0.05, 0.1) is 6.10 Å². The molecule has 3 aliphatic rings. The fraction of sp³-hybridized carbons (Fsp3) is 0.846. The Bertz CT molecular complexity index is 453. The first kappa shape index (κ1) is 11.3. The van der Waals surface area contributed by atoms with Gasteiger partial charge < -0.3 is 9.67 Å². The van der Waals surface area contributed by atoms with Crippen LogP contribution in [0.15, 0.2) is 5.16 Å². The van der Waals surface area contributed by atoms with Gasteiger partial charge in [-0.15, -0.1) is 10.2 Å². The van der Waals surface area contributed by atoms with Gasteiger partial charge in [0.1, 0.15) is 5.82 Å². The monoisotopic (exact) mass is 265 g/mol. The largest absolute Gasteiger partial charge is 0.392 e. The molecule has 3 aliphatic carbocycles. The Labute approximate surface area is 111 Å². The van der Waals surface area contributed by atoms with Gasteiger partial charge in [0.15, 0.2) is 5.16 Å². The van der Waals surface area contributed by atoms with E-state index in [0.717, 1.165) is 24.4 Å². The molecule has 3 saturated carbocycles. The summed E-state index contributed by atoms with van der Waals surface area (Å²) in [6.45, 7) is 0. The van der Waals surface area contributed by atoms with Crippen LogP contribution in [0.2, 0.25) is 0 Å². The highest BCUT2D eigenvalue weighted by Crippen LogP contribution is 2.47. The Balaban J connectivity index is 1.59. The average molecular weight is 265 g/mol. The van der Waals surface area contributed by atoms with Gasteiger partial charge in [-0.05, 0) is 44.9 Å². The van der Waals surface area contributed by atoms with Gasteiger partial charge in [0, 0.05) is 17.2 Å². The maximum atomic E-state index is 9.95. The minimum Gasteiger partial charge on any atom is -0.392 e. The summed E-state index contributed by atoms with van der Waals surface area (Å²) < 4.78 is 2.38. The molecular weight excluding hydrogens is 246 g/mol. The van der Waals surface area contributed by atoms with Crippen molar-refractivity contribution in [2.75, 3.05) is 0 Å². The second-order valence-corrected chi connectivity index (χ2v) is 7.08. The molecule has 18 heavy (non-hydrogen) atoms. The molecule has 1 N–H and O–H groups in total. The third-order valence-electron chi connectivity index (χ3n) is 4.22. The summed E-state index contributed by atoms with van der Waals surface area (Å²) in [6.07, 6.45) is 8.17. The van der Waals surface area contributed by atoms with E-state index in [1.165, 1.54) is 31.5 Å². The van der Waals surface area contributed by atoms with Crippen LogP contribution in [0.25, 0.3) is 0 Å². The summed E-state index contributed by atoms with van der Waals surface area (Å²) in [5.41, 5.74) is 0. The summed E-state index contributed by atoms with van der Waals surface area (Å²) >= 11 is 1.76. The predicted octanol–water partition coefficient (Wildman–Crippen LogP) is 2.50. The van der Waals surface area contributed by atoms with Gasteiger partial charge in [-0.3, -0.25) is 0 Å². The standard InChI is InChI=1S/C13H19N3OS/c17-10-2-1-3-11(10)18-13-15-14-12(8-4-5-8)16(13)9-6-7-9/h8-11,17H,1-7H2/t10-,11-/m0/s1. The molecule has 4 nitrogen and oxygen atoms in total. The zero-order chi connectivity index (χ0) is 12.1. The minimum absolute atomic E-state index is 0.149. The van der Waals surface area contributed by atoms with Gasteiger partial charge in [-0.2, -0.15) is 0 Å². The van der Waals surface area contributed by atoms with Crippen LogP contribution in [0.3, 0.4) is 0 Å². The van der Waals surface area contributed by atoms with Crippen LogP contribution in [-0.4, -0.2) is 31.2 Å².